The molecule has 0 heterocycles. The normalized spacial score (nSPS) is 9.67. The summed E-state index contributed by atoms with van der Waals surface area (Å²) < 4.78 is 4.52. The van der Waals surface area contributed by atoms with E-state index in [4.69, 9.17) is 11.6 Å². The molecule has 0 aromatic carbocycles. The molecule has 6 heavy (non-hydrogen) atoms. The molecular weight excluding hydrogens is 99.5 g/mol. The van der Waals surface area contributed by atoms with E-state index in [9.17, 15) is 0 Å². The van der Waals surface area contributed by atoms with Crippen LogP contribution in [0.4, 0.5) is 0 Å². The van der Waals surface area contributed by atoms with Gasteiger partial charge in [0.15, 0.2) is 0 Å². The third-order valence-electron chi connectivity index (χ3n) is 0.321. The summed E-state index contributed by atoms with van der Waals surface area (Å²) in [6, 6.07) is 0. The number of allylic oxidation sites excluding steroid dienone is 1. The van der Waals surface area contributed by atoms with Crippen LogP contribution in [0.3, 0.4) is 0 Å². The van der Waals surface area contributed by atoms with E-state index in [-0.39, 0.29) is 0 Å². The Bertz CT molecular complexity index is 36.8. The smallest absolute Gasteiger partial charge is 0.0796 e. The van der Waals surface area contributed by atoms with Gasteiger partial charge in [-0.05, 0) is 6.08 Å². The lowest BCUT2D eigenvalue weighted by molar-refractivity contribution is 0.337. The first kappa shape index (κ1) is 5.83. The van der Waals surface area contributed by atoms with Crippen LogP contribution in [-0.2, 0) is 4.74 Å². The zero-order chi connectivity index (χ0) is 4.83. The van der Waals surface area contributed by atoms with Crippen molar-refractivity contribution in [1.29, 1.82) is 0 Å². The van der Waals surface area contributed by atoms with Crippen LogP contribution in [-0.4, -0.2) is 13.0 Å². The second-order valence-electron chi connectivity index (χ2n) is 0.762. The number of ether oxygens (including phenoxy) is 1. The Morgan fingerprint density at radius 3 is 2.67 bits per heavy atom. The topological polar surface area (TPSA) is 9.23 Å². The predicted octanol–water partition coefficient (Wildman–Crippen LogP) is 1.39. The maximum Gasteiger partial charge on any atom is 0.0796 e. The van der Waals surface area contributed by atoms with Crippen LogP contribution in [0.5, 0.6) is 0 Å². The van der Waals surface area contributed by atoms with Gasteiger partial charge in [-0.1, -0.05) is 0 Å². The maximum atomic E-state index is 5.21. The molecule has 36 valence electrons. The molecule has 0 N–H and O–H groups in total. The highest BCUT2D eigenvalue weighted by molar-refractivity contribution is 6.18. The molecule has 0 aliphatic rings. The Morgan fingerprint density at radius 1 is 1.83 bits per heavy atom. The summed E-state index contributed by atoms with van der Waals surface area (Å²) >= 11 is 5.21. The Kier molecular flexibility index (Phi) is 4.69. The first-order valence-electron chi connectivity index (χ1n) is 1.65. The first-order valence-corrected chi connectivity index (χ1v) is 2.19. The summed E-state index contributed by atoms with van der Waals surface area (Å²) in [5.41, 5.74) is 0. The van der Waals surface area contributed by atoms with Crippen molar-refractivity contribution in [3.8, 4) is 0 Å². The molecule has 0 aromatic rings. The standard InChI is InChI=1S/C4H7ClO/c1-6-4-2-3-5/h2,4H,3H2,1H3. The van der Waals surface area contributed by atoms with E-state index in [1.807, 2.05) is 0 Å². The Balaban J connectivity index is 2.73. The van der Waals surface area contributed by atoms with Crippen molar-refractivity contribution >= 4 is 11.6 Å². The van der Waals surface area contributed by atoms with Gasteiger partial charge in [-0.2, -0.15) is 0 Å². The minimum Gasteiger partial charge on any atom is -0.505 e. The fourth-order valence-corrected chi connectivity index (χ4v) is 0.205. The zero-order valence-electron chi connectivity index (χ0n) is 3.65. The minimum atomic E-state index is 0.522. The molecule has 0 rings (SSSR count). The zero-order valence-corrected chi connectivity index (χ0v) is 4.40. The van der Waals surface area contributed by atoms with Gasteiger partial charge in [0.2, 0.25) is 0 Å². The van der Waals surface area contributed by atoms with Gasteiger partial charge in [-0.3, -0.25) is 0 Å². The molecule has 0 bridgehead atoms. The summed E-state index contributed by atoms with van der Waals surface area (Å²) in [5.74, 6) is 0.522. The number of rotatable bonds is 2. The van der Waals surface area contributed by atoms with Gasteiger partial charge in [0, 0.05) is 5.88 Å². The molecule has 0 radical (unpaired) electrons. The van der Waals surface area contributed by atoms with Crippen LogP contribution in [0.1, 0.15) is 0 Å². The van der Waals surface area contributed by atoms with Crippen molar-refractivity contribution in [3.05, 3.63) is 12.3 Å². The van der Waals surface area contributed by atoms with Crippen molar-refractivity contribution in [3.63, 3.8) is 0 Å². The molecule has 0 spiro atoms. The van der Waals surface area contributed by atoms with Crippen LogP contribution in [0.15, 0.2) is 12.3 Å². The number of hydrogen-bond acceptors (Lipinski definition) is 1. The molecule has 0 aromatic heterocycles. The molecular formula is C4H7ClO. The number of halogens is 1. The van der Waals surface area contributed by atoms with Gasteiger partial charge in [0.1, 0.15) is 0 Å². The van der Waals surface area contributed by atoms with Gasteiger partial charge in [-0.15, -0.1) is 11.6 Å². The SMILES string of the molecule is COC=CCCl. The van der Waals surface area contributed by atoms with Crippen LogP contribution in [0.25, 0.3) is 0 Å². The molecule has 0 fully saturated rings. The second kappa shape index (κ2) is 4.83. The van der Waals surface area contributed by atoms with Crippen LogP contribution >= 0.6 is 11.6 Å². The summed E-state index contributed by atoms with van der Waals surface area (Å²) in [6.07, 6.45) is 3.27. The predicted molar refractivity (Wildman–Crippen MR) is 26.9 cm³/mol. The third kappa shape index (κ3) is 3.83. The molecule has 0 saturated heterocycles. The molecule has 0 unspecified atom stereocenters. The third-order valence-corrected chi connectivity index (χ3v) is 0.500. The first-order chi connectivity index (χ1) is 2.91. The highest BCUT2D eigenvalue weighted by atomic mass is 35.5. The largest absolute Gasteiger partial charge is 0.505 e. The molecule has 2 heteroatoms. The highest BCUT2D eigenvalue weighted by Crippen LogP contribution is 1.75. The Morgan fingerprint density at radius 2 is 2.50 bits per heavy atom. The lowest BCUT2D eigenvalue weighted by Crippen LogP contribution is -1.63. The van der Waals surface area contributed by atoms with Crippen molar-refractivity contribution in [2.24, 2.45) is 0 Å². The highest BCUT2D eigenvalue weighted by Gasteiger charge is 1.60. The fraction of sp³-hybridized carbons (Fsp3) is 0.500. The number of methoxy groups -OCH3 is 1. The van der Waals surface area contributed by atoms with Crippen molar-refractivity contribution < 1.29 is 4.74 Å². The summed E-state index contributed by atoms with van der Waals surface area (Å²) in [4.78, 5) is 0. The fourth-order valence-electron chi connectivity index (χ4n) is 0.133. The van der Waals surface area contributed by atoms with E-state index in [1.54, 1.807) is 19.4 Å². The molecule has 1 nitrogen and oxygen atoms in total. The van der Waals surface area contributed by atoms with Gasteiger partial charge in [0.25, 0.3) is 0 Å². The van der Waals surface area contributed by atoms with E-state index in [0.29, 0.717) is 5.88 Å². The summed E-state index contributed by atoms with van der Waals surface area (Å²) in [6.45, 7) is 0. The summed E-state index contributed by atoms with van der Waals surface area (Å²) in [7, 11) is 1.59. The number of alkyl halides is 1. The van der Waals surface area contributed by atoms with E-state index in [2.05, 4.69) is 4.74 Å². The molecule has 0 aliphatic carbocycles. The van der Waals surface area contributed by atoms with E-state index in [0.717, 1.165) is 0 Å². The summed E-state index contributed by atoms with van der Waals surface area (Å²) in [5, 5.41) is 0. The van der Waals surface area contributed by atoms with E-state index >= 15 is 0 Å². The molecule has 0 amide bonds. The number of hydrogen-bond donors (Lipinski definition) is 0. The molecule has 0 atom stereocenters. The average Bonchev–Trinajstić information content (AvgIpc) is 1.61. The lowest BCUT2D eigenvalue weighted by atomic mass is 10.7. The van der Waals surface area contributed by atoms with Crippen LogP contribution in [0, 0.1) is 0 Å². The van der Waals surface area contributed by atoms with Gasteiger partial charge < -0.3 is 4.74 Å². The van der Waals surface area contributed by atoms with E-state index < -0.39 is 0 Å². The van der Waals surface area contributed by atoms with Crippen LogP contribution < -0.4 is 0 Å². The average molecular weight is 107 g/mol. The van der Waals surface area contributed by atoms with Crippen molar-refractivity contribution in [2.45, 2.75) is 0 Å². The lowest BCUT2D eigenvalue weighted by Gasteiger charge is -1.79. The monoisotopic (exact) mass is 106 g/mol. The Labute approximate surface area is 42.6 Å². The van der Waals surface area contributed by atoms with Gasteiger partial charge in [-0.25, -0.2) is 0 Å². The van der Waals surface area contributed by atoms with Gasteiger partial charge >= 0.3 is 0 Å². The Hall–Kier alpha value is -0.170. The van der Waals surface area contributed by atoms with Crippen molar-refractivity contribution in [1.82, 2.24) is 0 Å². The van der Waals surface area contributed by atoms with E-state index in [1.165, 1.54) is 0 Å². The minimum absolute atomic E-state index is 0.522. The quantitative estimate of drug-likeness (QED) is 0.382. The van der Waals surface area contributed by atoms with Gasteiger partial charge in [0.05, 0.1) is 13.4 Å². The molecule has 0 saturated carbocycles. The maximum absolute atomic E-state index is 5.21. The van der Waals surface area contributed by atoms with Crippen molar-refractivity contribution in [2.75, 3.05) is 13.0 Å². The second-order valence-corrected chi connectivity index (χ2v) is 1.07. The van der Waals surface area contributed by atoms with Crippen LogP contribution in [0.2, 0.25) is 0 Å². The molecule has 0 aliphatic heterocycles.